The van der Waals surface area contributed by atoms with E-state index in [0.717, 1.165) is 0 Å². The van der Waals surface area contributed by atoms with Crippen LogP contribution in [0.25, 0.3) is 0 Å². The fourth-order valence-electron chi connectivity index (χ4n) is 2.07. The van der Waals surface area contributed by atoms with Crippen LogP contribution in [-0.2, 0) is 4.79 Å². The van der Waals surface area contributed by atoms with Gasteiger partial charge in [-0.25, -0.2) is 4.79 Å². The Balaban J connectivity index is 2.56. The van der Waals surface area contributed by atoms with Crippen LogP contribution < -0.4 is 5.32 Å². The van der Waals surface area contributed by atoms with Gasteiger partial charge in [0.05, 0.1) is 6.10 Å². The predicted molar refractivity (Wildman–Crippen MR) is 62.1 cm³/mol. The third-order valence-corrected chi connectivity index (χ3v) is 3.01. The number of nitrogens with one attached hydrogen (secondary N) is 1. The SMILES string of the molecule is O=C(O)CN(CC(F)(F)F)C(=O)NC1CCC(O)CC1. The molecule has 0 unspecified atom stereocenters. The number of hydrogen-bond donors (Lipinski definition) is 3. The highest BCUT2D eigenvalue weighted by Crippen LogP contribution is 2.20. The van der Waals surface area contributed by atoms with Crippen LogP contribution in [0.3, 0.4) is 0 Å². The van der Waals surface area contributed by atoms with Crippen LogP contribution in [0.1, 0.15) is 25.7 Å². The number of carbonyl (C=O) groups is 2. The van der Waals surface area contributed by atoms with Gasteiger partial charge < -0.3 is 20.4 Å². The lowest BCUT2D eigenvalue weighted by Crippen LogP contribution is -2.50. The van der Waals surface area contributed by atoms with Crippen molar-refractivity contribution >= 4 is 12.0 Å². The van der Waals surface area contributed by atoms with Crippen LogP contribution >= 0.6 is 0 Å². The lowest BCUT2D eigenvalue weighted by molar-refractivity contribution is -0.149. The highest BCUT2D eigenvalue weighted by molar-refractivity contribution is 5.80. The smallest absolute Gasteiger partial charge is 0.406 e. The van der Waals surface area contributed by atoms with Gasteiger partial charge in [0.25, 0.3) is 0 Å². The normalized spacial score (nSPS) is 23.2. The summed E-state index contributed by atoms with van der Waals surface area (Å²) in [5.41, 5.74) is 0. The molecule has 0 aliphatic heterocycles. The number of carboxylic acids is 1. The summed E-state index contributed by atoms with van der Waals surface area (Å²) in [6, 6.07) is -1.39. The maximum Gasteiger partial charge on any atom is 0.406 e. The molecule has 1 fully saturated rings. The fourth-order valence-corrected chi connectivity index (χ4v) is 2.07. The first-order valence-corrected chi connectivity index (χ1v) is 6.19. The summed E-state index contributed by atoms with van der Waals surface area (Å²) in [4.78, 5) is 22.4. The van der Waals surface area contributed by atoms with Gasteiger partial charge in [-0.05, 0) is 25.7 Å². The van der Waals surface area contributed by atoms with Crippen molar-refractivity contribution in [3.8, 4) is 0 Å². The maximum atomic E-state index is 12.3. The molecule has 1 aliphatic carbocycles. The van der Waals surface area contributed by atoms with E-state index in [1.807, 2.05) is 0 Å². The summed E-state index contributed by atoms with van der Waals surface area (Å²) in [7, 11) is 0. The number of aliphatic hydroxyl groups excluding tert-OH is 1. The van der Waals surface area contributed by atoms with Crippen LogP contribution in [0.2, 0.25) is 0 Å². The standard InChI is InChI=1S/C11H17F3N2O4/c12-11(13,14)6-16(5-9(18)19)10(20)15-7-1-3-8(17)4-2-7/h7-8,17H,1-6H2,(H,15,20)(H,18,19). The second kappa shape index (κ2) is 6.78. The number of alkyl halides is 3. The van der Waals surface area contributed by atoms with Gasteiger partial charge in [0, 0.05) is 6.04 Å². The van der Waals surface area contributed by atoms with Gasteiger partial charge in [-0.1, -0.05) is 0 Å². The van der Waals surface area contributed by atoms with E-state index in [0.29, 0.717) is 25.7 Å². The van der Waals surface area contributed by atoms with Crippen molar-refractivity contribution in [3.63, 3.8) is 0 Å². The first kappa shape index (κ1) is 16.5. The van der Waals surface area contributed by atoms with Gasteiger partial charge in [-0.3, -0.25) is 4.79 Å². The second-order valence-corrected chi connectivity index (χ2v) is 4.82. The highest BCUT2D eigenvalue weighted by Gasteiger charge is 2.34. The molecule has 0 aromatic rings. The summed E-state index contributed by atoms with van der Waals surface area (Å²) >= 11 is 0. The number of carbonyl (C=O) groups excluding carboxylic acids is 1. The summed E-state index contributed by atoms with van der Waals surface area (Å²) in [5.74, 6) is -1.51. The summed E-state index contributed by atoms with van der Waals surface area (Å²) in [5, 5.41) is 20.2. The third-order valence-electron chi connectivity index (χ3n) is 3.01. The quantitative estimate of drug-likeness (QED) is 0.721. The topological polar surface area (TPSA) is 89.9 Å². The number of urea groups is 1. The number of carboxylic acid groups (broad SMARTS) is 1. The Morgan fingerprint density at radius 3 is 2.20 bits per heavy atom. The molecule has 6 nitrogen and oxygen atoms in total. The van der Waals surface area contributed by atoms with Crippen LogP contribution in [0, 0.1) is 0 Å². The van der Waals surface area contributed by atoms with Crippen molar-refractivity contribution < 1.29 is 33.0 Å². The third kappa shape index (κ3) is 6.09. The number of amides is 2. The summed E-state index contributed by atoms with van der Waals surface area (Å²) in [6.07, 6.45) is -3.27. The van der Waals surface area contributed by atoms with E-state index in [9.17, 15) is 27.9 Å². The van der Waals surface area contributed by atoms with E-state index in [2.05, 4.69) is 5.32 Å². The minimum Gasteiger partial charge on any atom is -0.480 e. The van der Waals surface area contributed by atoms with E-state index in [4.69, 9.17) is 5.11 Å². The zero-order valence-electron chi connectivity index (χ0n) is 10.7. The Morgan fingerprint density at radius 1 is 1.20 bits per heavy atom. The lowest BCUT2D eigenvalue weighted by Gasteiger charge is -2.29. The Labute approximate surface area is 113 Å². The molecule has 1 aliphatic rings. The summed E-state index contributed by atoms with van der Waals surface area (Å²) < 4.78 is 36.9. The van der Waals surface area contributed by atoms with Crippen molar-refractivity contribution in [2.24, 2.45) is 0 Å². The largest absolute Gasteiger partial charge is 0.480 e. The first-order chi connectivity index (χ1) is 9.17. The van der Waals surface area contributed by atoms with Crippen molar-refractivity contribution in [2.75, 3.05) is 13.1 Å². The Bertz CT molecular complexity index is 354. The van der Waals surface area contributed by atoms with Gasteiger partial charge in [-0.15, -0.1) is 0 Å². The molecule has 0 heterocycles. The molecule has 0 spiro atoms. The molecule has 0 atom stereocenters. The highest BCUT2D eigenvalue weighted by atomic mass is 19.4. The molecule has 1 rings (SSSR count). The molecule has 0 aromatic heterocycles. The van der Waals surface area contributed by atoms with Gasteiger partial charge in [-0.2, -0.15) is 13.2 Å². The van der Waals surface area contributed by atoms with Gasteiger partial charge >= 0.3 is 18.2 Å². The monoisotopic (exact) mass is 298 g/mol. The number of rotatable bonds is 4. The zero-order chi connectivity index (χ0) is 15.3. The van der Waals surface area contributed by atoms with Crippen molar-refractivity contribution in [1.82, 2.24) is 10.2 Å². The van der Waals surface area contributed by atoms with Crippen LogP contribution in [0.5, 0.6) is 0 Å². The van der Waals surface area contributed by atoms with Gasteiger partial charge in [0.1, 0.15) is 13.1 Å². The van der Waals surface area contributed by atoms with E-state index in [-0.39, 0.29) is 10.9 Å². The number of aliphatic carboxylic acids is 1. The van der Waals surface area contributed by atoms with E-state index in [1.165, 1.54) is 0 Å². The molecule has 20 heavy (non-hydrogen) atoms. The van der Waals surface area contributed by atoms with Crippen molar-refractivity contribution in [2.45, 2.75) is 44.0 Å². The average molecular weight is 298 g/mol. The van der Waals surface area contributed by atoms with Crippen LogP contribution in [-0.4, -0.2) is 58.5 Å². The number of aliphatic hydroxyl groups is 1. The molecule has 2 amide bonds. The molecular weight excluding hydrogens is 281 g/mol. The molecule has 0 saturated heterocycles. The molecule has 9 heteroatoms. The van der Waals surface area contributed by atoms with Crippen molar-refractivity contribution in [1.29, 1.82) is 0 Å². The number of hydrogen-bond acceptors (Lipinski definition) is 3. The Kier molecular flexibility index (Phi) is 5.61. The molecular formula is C11H17F3N2O4. The maximum absolute atomic E-state index is 12.3. The molecule has 0 aromatic carbocycles. The molecule has 3 N–H and O–H groups in total. The molecule has 0 radical (unpaired) electrons. The van der Waals surface area contributed by atoms with E-state index >= 15 is 0 Å². The minimum atomic E-state index is -4.66. The molecule has 116 valence electrons. The minimum absolute atomic E-state index is 0.216. The molecule has 1 saturated carbocycles. The average Bonchev–Trinajstić information content (AvgIpc) is 2.29. The van der Waals surface area contributed by atoms with Crippen LogP contribution in [0.15, 0.2) is 0 Å². The van der Waals surface area contributed by atoms with Gasteiger partial charge in [0.2, 0.25) is 0 Å². The fraction of sp³-hybridized carbons (Fsp3) is 0.818. The summed E-state index contributed by atoms with van der Waals surface area (Å²) in [6.45, 7) is -2.62. The number of nitrogens with zero attached hydrogens (tertiary/aromatic N) is 1. The van der Waals surface area contributed by atoms with E-state index in [1.54, 1.807) is 0 Å². The Hall–Kier alpha value is -1.51. The van der Waals surface area contributed by atoms with Crippen molar-refractivity contribution in [3.05, 3.63) is 0 Å². The molecule has 0 bridgehead atoms. The lowest BCUT2D eigenvalue weighted by atomic mass is 9.93. The Morgan fingerprint density at radius 2 is 1.75 bits per heavy atom. The van der Waals surface area contributed by atoms with Gasteiger partial charge in [0.15, 0.2) is 0 Å². The second-order valence-electron chi connectivity index (χ2n) is 4.82. The first-order valence-electron chi connectivity index (χ1n) is 6.19. The zero-order valence-corrected chi connectivity index (χ0v) is 10.7. The number of halogens is 3. The van der Waals surface area contributed by atoms with Crippen LogP contribution in [0.4, 0.5) is 18.0 Å². The predicted octanol–water partition coefficient (Wildman–Crippen LogP) is 0.948. The van der Waals surface area contributed by atoms with E-state index < -0.39 is 37.4 Å².